The summed E-state index contributed by atoms with van der Waals surface area (Å²) in [7, 11) is 0. The van der Waals surface area contributed by atoms with Crippen LogP contribution in [0.25, 0.3) is 0 Å². The fourth-order valence-electron chi connectivity index (χ4n) is 0.867. The van der Waals surface area contributed by atoms with Crippen molar-refractivity contribution in [2.75, 3.05) is 5.73 Å². The monoisotopic (exact) mass is 248 g/mol. The summed E-state index contributed by atoms with van der Waals surface area (Å²) in [5.74, 6) is 0. The molecule has 2 nitrogen and oxygen atoms in total. The van der Waals surface area contributed by atoms with Crippen molar-refractivity contribution in [3.63, 3.8) is 0 Å². The molecule has 0 saturated heterocycles. The standard InChI is InChI=1S/C8H10BrClN2/c1-4(11)5-2-6(9)8(12)7(10)3-5/h2-4H,11-12H2,1H3/t4-/m0/s1. The third kappa shape index (κ3) is 1.91. The molecular weight excluding hydrogens is 239 g/mol. The zero-order valence-corrected chi connectivity index (χ0v) is 8.98. The van der Waals surface area contributed by atoms with Gasteiger partial charge < -0.3 is 11.5 Å². The molecule has 0 saturated carbocycles. The van der Waals surface area contributed by atoms with Gasteiger partial charge in [-0.15, -0.1) is 0 Å². The van der Waals surface area contributed by atoms with Crippen molar-refractivity contribution < 1.29 is 0 Å². The molecule has 4 heteroatoms. The number of benzene rings is 1. The number of anilines is 1. The summed E-state index contributed by atoms with van der Waals surface area (Å²) in [6.07, 6.45) is 0. The Balaban J connectivity index is 3.21. The smallest absolute Gasteiger partial charge is 0.0650 e. The second kappa shape index (κ2) is 3.64. The molecule has 0 amide bonds. The molecule has 1 aromatic carbocycles. The van der Waals surface area contributed by atoms with E-state index < -0.39 is 0 Å². The van der Waals surface area contributed by atoms with Crippen molar-refractivity contribution in [3.8, 4) is 0 Å². The van der Waals surface area contributed by atoms with Crippen LogP contribution in [-0.2, 0) is 0 Å². The van der Waals surface area contributed by atoms with Gasteiger partial charge in [-0.05, 0) is 40.5 Å². The maximum atomic E-state index is 5.85. The molecule has 12 heavy (non-hydrogen) atoms. The molecule has 1 aromatic rings. The third-order valence-corrected chi connectivity index (χ3v) is 2.60. The van der Waals surface area contributed by atoms with Gasteiger partial charge in [-0.2, -0.15) is 0 Å². The van der Waals surface area contributed by atoms with Crippen molar-refractivity contribution in [1.82, 2.24) is 0 Å². The Labute approximate surface area is 85.0 Å². The lowest BCUT2D eigenvalue weighted by Crippen LogP contribution is -2.05. The fourth-order valence-corrected chi connectivity index (χ4v) is 1.69. The highest BCUT2D eigenvalue weighted by atomic mass is 79.9. The average molecular weight is 250 g/mol. The van der Waals surface area contributed by atoms with Crippen molar-refractivity contribution in [2.45, 2.75) is 13.0 Å². The summed E-state index contributed by atoms with van der Waals surface area (Å²) in [4.78, 5) is 0. The zero-order chi connectivity index (χ0) is 9.30. The number of nitrogens with two attached hydrogens (primary N) is 2. The van der Waals surface area contributed by atoms with E-state index in [0.29, 0.717) is 10.7 Å². The second-order valence-corrected chi connectivity index (χ2v) is 3.95. The molecule has 1 rings (SSSR count). The van der Waals surface area contributed by atoms with E-state index in [4.69, 9.17) is 23.1 Å². The molecule has 0 aliphatic heterocycles. The van der Waals surface area contributed by atoms with E-state index in [1.807, 2.05) is 13.0 Å². The van der Waals surface area contributed by atoms with E-state index in [2.05, 4.69) is 15.9 Å². The van der Waals surface area contributed by atoms with Crippen LogP contribution >= 0.6 is 27.5 Å². The number of hydrogen-bond acceptors (Lipinski definition) is 2. The highest BCUT2D eigenvalue weighted by molar-refractivity contribution is 9.10. The molecule has 0 aliphatic carbocycles. The summed E-state index contributed by atoms with van der Waals surface area (Å²) < 4.78 is 0.794. The maximum absolute atomic E-state index is 5.85. The van der Waals surface area contributed by atoms with Crippen LogP contribution in [0.4, 0.5) is 5.69 Å². The summed E-state index contributed by atoms with van der Waals surface area (Å²) in [5, 5.41) is 0.539. The Morgan fingerprint density at radius 1 is 1.50 bits per heavy atom. The molecule has 0 aromatic heterocycles. The van der Waals surface area contributed by atoms with Crippen LogP contribution in [-0.4, -0.2) is 0 Å². The van der Waals surface area contributed by atoms with Crippen molar-refractivity contribution in [1.29, 1.82) is 0 Å². The lowest BCUT2D eigenvalue weighted by molar-refractivity contribution is 0.818. The largest absolute Gasteiger partial charge is 0.397 e. The van der Waals surface area contributed by atoms with Crippen LogP contribution in [0.5, 0.6) is 0 Å². The van der Waals surface area contributed by atoms with E-state index in [0.717, 1.165) is 10.0 Å². The Bertz CT molecular complexity index is 276. The molecule has 0 bridgehead atoms. The normalized spacial score (nSPS) is 13.0. The van der Waals surface area contributed by atoms with Crippen LogP contribution in [0.3, 0.4) is 0 Å². The van der Waals surface area contributed by atoms with Crippen LogP contribution < -0.4 is 11.5 Å². The lowest BCUT2D eigenvalue weighted by atomic mass is 10.1. The molecule has 0 radical (unpaired) electrons. The maximum Gasteiger partial charge on any atom is 0.0650 e. The number of halogens is 2. The van der Waals surface area contributed by atoms with Gasteiger partial charge >= 0.3 is 0 Å². The predicted molar refractivity (Wildman–Crippen MR) is 56.2 cm³/mol. The van der Waals surface area contributed by atoms with Crippen molar-refractivity contribution in [3.05, 3.63) is 27.2 Å². The first-order chi connectivity index (χ1) is 5.52. The third-order valence-electron chi connectivity index (χ3n) is 1.63. The van der Waals surface area contributed by atoms with E-state index in [1.165, 1.54) is 0 Å². The SMILES string of the molecule is C[C@H](N)c1cc(Cl)c(N)c(Br)c1. The zero-order valence-electron chi connectivity index (χ0n) is 6.64. The minimum atomic E-state index is -0.0283. The molecule has 0 unspecified atom stereocenters. The van der Waals surface area contributed by atoms with Crippen molar-refractivity contribution >= 4 is 33.2 Å². The summed E-state index contributed by atoms with van der Waals surface area (Å²) in [5.41, 5.74) is 12.8. The lowest BCUT2D eigenvalue weighted by Gasteiger charge is -2.08. The van der Waals surface area contributed by atoms with E-state index in [9.17, 15) is 0 Å². The molecule has 0 heterocycles. The van der Waals surface area contributed by atoms with E-state index >= 15 is 0 Å². The molecule has 0 fully saturated rings. The van der Waals surface area contributed by atoms with E-state index in [1.54, 1.807) is 6.07 Å². The molecule has 4 N–H and O–H groups in total. The molecule has 1 atom stereocenters. The van der Waals surface area contributed by atoms with Gasteiger partial charge in [0.2, 0.25) is 0 Å². The first kappa shape index (κ1) is 9.84. The minimum absolute atomic E-state index is 0.0283. The first-order valence-electron chi connectivity index (χ1n) is 3.52. The highest BCUT2D eigenvalue weighted by Crippen LogP contribution is 2.30. The Morgan fingerprint density at radius 2 is 2.08 bits per heavy atom. The quantitative estimate of drug-likeness (QED) is 0.752. The summed E-state index contributed by atoms with van der Waals surface area (Å²) in [6.45, 7) is 1.90. The summed E-state index contributed by atoms with van der Waals surface area (Å²) in [6, 6.07) is 3.64. The van der Waals surface area contributed by atoms with Gasteiger partial charge in [0.05, 0.1) is 10.7 Å². The predicted octanol–water partition coefficient (Wildman–Crippen LogP) is 2.70. The molecule has 0 spiro atoms. The van der Waals surface area contributed by atoms with Crippen molar-refractivity contribution in [2.24, 2.45) is 5.73 Å². The molecule has 0 aliphatic rings. The van der Waals surface area contributed by atoms with Gasteiger partial charge in [-0.3, -0.25) is 0 Å². The van der Waals surface area contributed by atoms with Gasteiger partial charge in [0, 0.05) is 10.5 Å². The molecular formula is C8H10BrClN2. The number of nitrogen functional groups attached to an aromatic ring is 1. The van der Waals surface area contributed by atoms with Crippen LogP contribution in [0.15, 0.2) is 16.6 Å². The van der Waals surface area contributed by atoms with Crippen LogP contribution in [0, 0.1) is 0 Å². The van der Waals surface area contributed by atoms with Gasteiger partial charge in [-0.25, -0.2) is 0 Å². The Hall–Kier alpha value is -0.250. The highest BCUT2D eigenvalue weighted by Gasteiger charge is 2.06. The van der Waals surface area contributed by atoms with Gasteiger partial charge in [0.25, 0.3) is 0 Å². The van der Waals surface area contributed by atoms with Gasteiger partial charge in [0.15, 0.2) is 0 Å². The van der Waals surface area contributed by atoms with Crippen LogP contribution in [0.2, 0.25) is 5.02 Å². The average Bonchev–Trinajstić information content (AvgIpc) is 1.99. The van der Waals surface area contributed by atoms with E-state index in [-0.39, 0.29) is 6.04 Å². The Morgan fingerprint density at radius 3 is 2.50 bits per heavy atom. The first-order valence-corrected chi connectivity index (χ1v) is 4.69. The van der Waals surface area contributed by atoms with Crippen LogP contribution in [0.1, 0.15) is 18.5 Å². The van der Waals surface area contributed by atoms with Gasteiger partial charge in [-0.1, -0.05) is 11.6 Å². The summed E-state index contributed by atoms with van der Waals surface area (Å²) >= 11 is 9.15. The van der Waals surface area contributed by atoms with Gasteiger partial charge in [0.1, 0.15) is 0 Å². The fraction of sp³-hybridized carbons (Fsp3) is 0.250. The topological polar surface area (TPSA) is 52.0 Å². The Kier molecular flexibility index (Phi) is 2.99. The molecule has 66 valence electrons. The second-order valence-electron chi connectivity index (χ2n) is 2.69. The number of hydrogen-bond donors (Lipinski definition) is 2. The number of rotatable bonds is 1. The minimum Gasteiger partial charge on any atom is -0.397 e.